The van der Waals surface area contributed by atoms with Gasteiger partial charge in [0.15, 0.2) is 0 Å². The van der Waals surface area contributed by atoms with Gasteiger partial charge in [0.2, 0.25) is 0 Å². The first-order valence-corrected chi connectivity index (χ1v) is 9.09. The molecule has 0 saturated carbocycles. The Bertz CT molecular complexity index is 602. The molecule has 1 N–H and O–H groups in total. The molecule has 0 aliphatic heterocycles. The third-order valence-corrected chi connectivity index (χ3v) is 4.48. The van der Waals surface area contributed by atoms with E-state index in [2.05, 4.69) is 81.4 Å². The molecule has 0 saturated heterocycles. The van der Waals surface area contributed by atoms with Gasteiger partial charge in [0.1, 0.15) is 5.75 Å². The first kappa shape index (κ1) is 17.5. The van der Waals surface area contributed by atoms with Gasteiger partial charge < -0.3 is 10.1 Å². The molecule has 1 atom stereocenters. The number of benzene rings is 2. The van der Waals surface area contributed by atoms with E-state index in [1.54, 1.807) is 0 Å². The highest BCUT2D eigenvalue weighted by atomic mass is 79.9. The van der Waals surface area contributed by atoms with E-state index in [9.17, 15) is 0 Å². The average molecular weight is 427 g/mol. The second kappa shape index (κ2) is 8.70. The molecule has 0 aromatic heterocycles. The number of hydrogen-bond donors (Lipinski definition) is 1. The van der Waals surface area contributed by atoms with Crippen molar-refractivity contribution in [2.45, 2.75) is 32.9 Å². The quantitative estimate of drug-likeness (QED) is 0.599. The van der Waals surface area contributed by atoms with Crippen LogP contribution in [0.2, 0.25) is 0 Å². The summed E-state index contributed by atoms with van der Waals surface area (Å²) in [6.07, 6.45) is 0.996. The standard InChI is InChI=1S/C18H21Br2NO/c1-3-9-22-18-15(10-16(19)11-17(18)20)12-21-13(2)14-7-5-4-6-8-14/h4-8,10-11,13,21H,3,9,12H2,1-2H3/t13-/m1/s1. The van der Waals surface area contributed by atoms with E-state index >= 15 is 0 Å². The summed E-state index contributed by atoms with van der Waals surface area (Å²) in [6, 6.07) is 14.9. The van der Waals surface area contributed by atoms with Crippen LogP contribution in [-0.4, -0.2) is 6.61 Å². The summed E-state index contributed by atoms with van der Waals surface area (Å²) in [4.78, 5) is 0. The molecule has 0 radical (unpaired) electrons. The van der Waals surface area contributed by atoms with Gasteiger partial charge >= 0.3 is 0 Å². The van der Waals surface area contributed by atoms with Crippen molar-refractivity contribution in [2.75, 3.05) is 6.61 Å². The molecule has 4 heteroatoms. The van der Waals surface area contributed by atoms with Crippen LogP contribution in [0.15, 0.2) is 51.4 Å². The maximum Gasteiger partial charge on any atom is 0.138 e. The third kappa shape index (κ3) is 4.83. The SMILES string of the molecule is CCCOc1c(Br)cc(Br)cc1CN[C@H](C)c1ccccc1. The molecule has 2 aromatic carbocycles. The predicted molar refractivity (Wildman–Crippen MR) is 99.3 cm³/mol. The minimum absolute atomic E-state index is 0.290. The van der Waals surface area contributed by atoms with Crippen molar-refractivity contribution in [3.63, 3.8) is 0 Å². The van der Waals surface area contributed by atoms with Gasteiger partial charge in [0.25, 0.3) is 0 Å². The van der Waals surface area contributed by atoms with Crippen LogP contribution >= 0.6 is 31.9 Å². The molecule has 0 bridgehead atoms. The van der Waals surface area contributed by atoms with Crippen molar-refractivity contribution in [3.8, 4) is 5.75 Å². The molecule has 0 heterocycles. The Labute approximate surface area is 149 Å². The van der Waals surface area contributed by atoms with Crippen LogP contribution in [0.25, 0.3) is 0 Å². The van der Waals surface area contributed by atoms with E-state index in [4.69, 9.17) is 4.74 Å². The summed E-state index contributed by atoms with van der Waals surface area (Å²) in [5.74, 6) is 0.929. The molecule has 0 unspecified atom stereocenters. The lowest BCUT2D eigenvalue weighted by atomic mass is 10.1. The van der Waals surface area contributed by atoms with Gasteiger partial charge in [-0.15, -0.1) is 0 Å². The Balaban J connectivity index is 2.11. The van der Waals surface area contributed by atoms with E-state index in [1.807, 2.05) is 12.1 Å². The van der Waals surface area contributed by atoms with Gasteiger partial charge in [-0.3, -0.25) is 0 Å². The Morgan fingerprint density at radius 1 is 1.14 bits per heavy atom. The highest BCUT2D eigenvalue weighted by Gasteiger charge is 2.12. The zero-order chi connectivity index (χ0) is 15.9. The van der Waals surface area contributed by atoms with E-state index in [1.165, 1.54) is 5.56 Å². The van der Waals surface area contributed by atoms with Crippen LogP contribution in [0.5, 0.6) is 5.75 Å². The molecule has 0 aliphatic carbocycles. The maximum absolute atomic E-state index is 5.90. The first-order valence-electron chi connectivity index (χ1n) is 7.51. The summed E-state index contributed by atoms with van der Waals surface area (Å²) in [5, 5.41) is 3.56. The molecule has 0 fully saturated rings. The predicted octanol–water partition coefficient (Wildman–Crippen LogP) is 5.85. The van der Waals surface area contributed by atoms with Crippen LogP contribution < -0.4 is 10.1 Å². The highest BCUT2D eigenvalue weighted by molar-refractivity contribution is 9.11. The number of nitrogens with one attached hydrogen (secondary N) is 1. The molecule has 0 spiro atoms. The van der Waals surface area contributed by atoms with Crippen molar-refractivity contribution < 1.29 is 4.74 Å². The van der Waals surface area contributed by atoms with Crippen LogP contribution in [-0.2, 0) is 6.54 Å². The highest BCUT2D eigenvalue weighted by Crippen LogP contribution is 2.33. The fourth-order valence-electron chi connectivity index (χ4n) is 2.23. The lowest BCUT2D eigenvalue weighted by molar-refractivity contribution is 0.311. The summed E-state index contributed by atoms with van der Waals surface area (Å²) in [5.41, 5.74) is 2.44. The van der Waals surface area contributed by atoms with Crippen LogP contribution in [0.1, 0.15) is 37.4 Å². The maximum atomic E-state index is 5.90. The minimum atomic E-state index is 0.290. The summed E-state index contributed by atoms with van der Waals surface area (Å²) >= 11 is 7.15. The average Bonchev–Trinajstić information content (AvgIpc) is 2.52. The Morgan fingerprint density at radius 2 is 1.86 bits per heavy atom. The van der Waals surface area contributed by atoms with Crippen molar-refractivity contribution in [3.05, 3.63) is 62.5 Å². The Hall–Kier alpha value is -0.840. The number of hydrogen-bond acceptors (Lipinski definition) is 2. The van der Waals surface area contributed by atoms with E-state index < -0.39 is 0 Å². The summed E-state index contributed by atoms with van der Waals surface area (Å²) in [7, 11) is 0. The molecule has 0 amide bonds. The Kier molecular flexibility index (Phi) is 6.93. The second-order valence-corrected chi connectivity index (χ2v) is 7.01. The van der Waals surface area contributed by atoms with Gasteiger partial charge in [-0.25, -0.2) is 0 Å². The Morgan fingerprint density at radius 3 is 2.55 bits per heavy atom. The summed E-state index contributed by atoms with van der Waals surface area (Å²) < 4.78 is 7.94. The zero-order valence-electron chi connectivity index (χ0n) is 12.9. The fraction of sp³-hybridized carbons (Fsp3) is 0.333. The van der Waals surface area contributed by atoms with Crippen molar-refractivity contribution in [1.82, 2.24) is 5.32 Å². The molecular formula is C18H21Br2NO. The van der Waals surface area contributed by atoms with Gasteiger partial charge in [0, 0.05) is 22.6 Å². The largest absolute Gasteiger partial charge is 0.492 e. The molecule has 0 aliphatic rings. The van der Waals surface area contributed by atoms with Crippen molar-refractivity contribution >= 4 is 31.9 Å². The van der Waals surface area contributed by atoms with E-state index in [-0.39, 0.29) is 6.04 Å². The lowest BCUT2D eigenvalue weighted by Gasteiger charge is -2.18. The monoisotopic (exact) mass is 425 g/mol. The van der Waals surface area contributed by atoms with Crippen LogP contribution in [0.4, 0.5) is 0 Å². The topological polar surface area (TPSA) is 21.3 Å². The van der Waals surface area contributed by atoms with Crippen LogP contribution in [0, 0.1) is 0 Å². The third-order valence-electron chi connectivity index (χ3n) is 3.43. The minimum Gasteiger partial charge on any atom is -0.492 e. The van der Waals surface area contributed by atoms with E-state index in [0.717, 1.165) is 39.8 Å². The van der Waals surface area contributed by atoms with Crippen molar-refractivity contribution in [1.29, 1.82) is 0 Å². The van der Waals surface area contributed by atoms with Gasteiger partial charge in [0.05, 0.1) is 11.1 Å². The number of ether oxygens (including phenoxy) is 1. The van der Waals surface area contributed by atoms with E-state index in [0.29, 0.717) is 0 Å². The van der Waals surface area contributed by atoms with Gasteiger partial charge in [-0.1, -0.05) is 53.2 Å². The second-order valence-electron chi connectivity index (χ2n) is 5.24. The number of halogens is 2. The normalized spacial score (nSPS) is 12.2. The van der Waals surface area contributed by atoms with Crippen LogP contribution in [0.3, 0.4) is 0 Å². The van der Waals surface area contributed by atoms with Gasteiger partial charge in [-0.05, 0) is 47.0 Å². The van der Waals surface area contributed by atoms with Gasteiger partial charge in [-0.2, -0.15) is 0 Å². The fourth-order valence-corrected chi connectivity index (χ4v) is 3.66. The lowest BCUT2D eigenvalue weighted by Crippen LogP contribution is -2.18. The molecule has 2 nitrogen and oxygen atoms in total. The molecule has 2 rings (SSSR count). The molecular weight excluding hydrogens is 406 g/mol. The smallest absolute Gasteiger partial charge is 0.138 e. The molecule has 118 valence electrons. The van der Waals surface area contributed by atoms with Crippen molar-refractivity contribution in [2.24, 2.45) is 0 Å². The zero-order valence-corrected chi connectivity index (χ0v) is 16.1. The molecule has 2 aromatic rings. The summed E-state index contributed by atoms with van der Waals surface area (Å²) in [6.45, 7) is 5.77. The first-order chi connectivity index (χ1) is 10.6. The number of rotatable bonds is 7. The molecule has 22 heavy (non-hydrogen) atoms.